The molecule has 3 aliphatic heterocycles. The fourth-order valence-corrected chi connectivity index (χ4v) is 4.89. The van der Waals surface area contributed by atoms with Gasteiger partial charge >= 0.3 is 0 Å². The monoisotopic (exact) mass is 396 g/mol. The van der Waals surface area contributed by atoms with Crippen LogP contribution in [0.4, 0.5) is 0 Å². The van der Waals surface area contributed by atoms with Crippen molar-refractivity contribution in [3.05, 3.63) is 34.9 Å². The zero-order valence-corrected chi connectivity index (χ0v) is 16.7. The van der Waals surface area contributed by atoms with Gasteiger partial charge in [0.25, 0.3) is 5.91 Å². The summed E-state index contributed by atoms with van der Waals surface area (Å²) in [4.78, 5) is 40.7. The minimum Gasteiger partial charge on any atom is -0.322 e. The van der Waals surface area contributed by atoms with E-state index in [-0.39, 0.29) is 24.1 Å². The summed E-state index contributed by atoms with van der Waals surface area (Å²) in [5.41, 5.74) is 2.91. The van der Waals surface area contributed by atoms with Gasteiger partial charge in [0, 0.05) is 44.2 Å². The topological polar surface area (TPSA) is 81.8 Å². The van der Waals surface area contributed by atoms with Crippen LogP contribution in [0, 0.1) is 5.92 Å². The average molecular weight is 396 g/mol. The fraction of sp³-hybridized carbons (Fsp3) is 0.591. The molecule has 3 fully saturated rings. The molecule has 1 aromatic rings. The average Bonchev–Trinajstić information content (AvgIpc) is 3.23. The zero-order valence-electron chi connectivity index (χ0n) is 16.7. The smallest absolute Gasteiger partial charge is 0.255 e. The van der Waals surface area contributed by atoms with Crippen LogP contribution < -0.4 is 10.6 Å². The predicted molar refractivity (Wildman–Crippen MR) is 107 cm³/mol. The molecule has 4 aliphatic rings. The van der Waals surface area contributed by atoms with Crippen molar-refractivity contribution >= 4 is 17.7 Å². The predicted octanol–water partition coefficient (Wildman–Crippen LogP) is 1.02. The molecule has 1 aliphatic carbocycles. The number of carbonyl (C=O) groups is 3. The Balaban J connectivity index is 1.31. The van der Waals surface area contributed by atoms with Crippen LogP contribution >= 0.6 is 0 Å². The summed E-state index contributed by atoms with van der Waals surface area (Å²) < 4.78 is 0. The number of hydrogen-bond acceptors (Lipinski definition) is 5. The van der Waals surface area contributed by atoms with E-state index in [1.807, 2.05) is 6.07 Å². The molecular formula is C22H28N4O3. The number of hydrogen-bond donors (Lipinski definition) is 2. The number of rotatable bonds is 6. The van der Waals surface area contributed by atoms with E-state index in [0.29, 0.717) is 24.6 Å². The lowest BCUT2D eigenvalue weighted by Crippen LogP contribution is -2.52. The number of nitrogens with one attached hydrogen (secondary N) is 2. The molecular weight excluding hydrogens is 368 g/mol. The Bertz CT molecular complexity index is 844. The Morgan fingerprint density at radius 2 is 1.97 bits per heavy atom. The third-order valence-electron chi connectivity index (χ3n) is 6.71. The molecule has 29 heavy (non-hydrogen) atoms. The number of benzene rings is 1. The molecule has 3 amide bonds. The minimum absolute atomic E-state index is 0.101. The summed E-state index contributed by atoms with van der Waals surface area (Å²) in [5.74, 6) is 0.132. The van der Waals surface area contributed by atoms with Crippen molar-refractivity contribution in [2.24, 2.45) is 5.92 Å². The molecule has 0 aromatic heterocycles. The largest absolute Gasteiger partial charge is 0.322 e. The van der Waals surface area contributed by atoms with Crippen molar-refractivity contribution in [1.29, 1.82) is 0 Å². The summed E-state index contributed by atoms with van der Waals surface area (Å²) >= 11 is 0. The van der Waals surface area contributed by atoms with E-state index in [2.05, 4.69) is 27.7 Å². The molecule has 2 atom stereocenters. The zero-order chi connectivity index (χ0) is 20.0. The summed E-state index contributed by atoms with van der Waals surface area (Å²) in [7, 11) is 0. The van der Waals surface area contributed by atoms with E-state index in [4.69, 9.17) is 0 Å². The third kappa shape index (κ3) is 3.81. The fourth-order valence-electron chi connectivity index (χ4n) is 4.89. The lowest BCUT2D eigenvalue weighted by molar-refractivity contribution is -0.136. The van der Waals surface area contributed by atoms with E-state index >= 15 is 0 Å². The summed E-state index contributed by atoms with van der Waals surface area (Å²) in [6.07, 6.45) is 4.57. The first-order valence-electron chi connectivity index (χ1n) is 10.8. The van der Waals surface area contributed by atoms with Gasteiger partial charge in [-0.15, -0.1) is 0 Å². The molecule has 0 bridgehead atoms. The van der Waals surface area contributed by atoms with Crippen molar-refractivity contribution in [2.75, 3.05) is 19.6 Å². The Labute approximate surface area is 170 Å². The van der Waals surface area contributed by atoms with Crippen molar-refractivity contribution in [2.45, 2.75) is 57.3 Å². The van der Waals surface area contributed by atoms with E-state index in [1.54, 1.807) is 4.90 Å². The first kappa shape index (κ1) is 18.8. The first-order chi connectivity index (χ1) is 14.1. The maximum atomic E-state index is 12.9. The molecule has 0 spiro atoms. The van der Waals surface area contributed by atoms with Crippen LogP contribution in [-0.4, -0.2) is 59.2 Å². The van der Waals surface area contributed by atoms with E-state index in [9.17, 15) is 14.4 Å². The van der Waals surface area contributed by atoms with Crippen LogP contribution in [0.1, 0.15) is 53.6 Å². The number of imide groups is 1. The van der Waals surface area contributed by atoms with Gasteiger partial charge in [-0.3, -0.25) is 24.6 Å². The Kier molecular flexibility index (Phi) is 4.87. The molecule has 1 aromatic carbocycles. The number of fused-ring (bicyclic) bond motifs is 1. The molecule has 154 valence electrons. The van der Waals surface area contributed by atoms with Crippen molar-refractivity contribution in [1.82, 2.24) is 20.4 Å². The maximum absolute atomic E-state index is 12.9. The van der Waals surface area contributed by atoms with Gasteiger partial charge in [-0.2, -0.15) is 0 Å². The minimum atomic E-state index is -0.549. The molecule has 3 heterocycles. The maximum Gasteiger partial charge on any atom is 0.255 e. The second-order valence-electron chi connectivity index (χ2n) is 8.91. The van der Waals surface area contributed by atoms with Gasteiger partial charge in [0.2, 0.25) is 11.8 Å². The number of amides is 3. The van der Waals surface area contributed by atoms with Gasteiger partial charge in [0.1, 0.15) is 6.04 Å². The van der Waals surface area contributed by atoms with E-state index < -0.39 is 6.04 Å². The van der Waals surface area contributed by atoms with Crippen molar-refractivity contribution in [3.63, 3.8) is 0 Å². The van der Waals surface area contributed by atoms with Gasteiger partial charge in [-0.1, -0.05) is 12.1 Å². The molecule has 7 nitrogen and oxygen atoms in total. The highest BCUT2D eigenvalue weighted by Crippen LogP contribution is 2.32. The first-order valence-corrected chi connectivity index (χ1v) is 10.8. The van der Waals surface area contributed by atoms with Gasteiger partial charge in [-0.25, -0.2) is 0 Å². The second kappa shape index (κ2) is 7.54. The summed E-state index contributed by atoms with van der Waals surface area (Å²) in [6, 6.07) is 6.16. The molecule has 0 radical (unpaired) electrons. The van der Waals surface area contributed by atoms with Crippen LogP contribution in [-0.2, 0) is 22.7 Å². The normalized spacial score (nSPS) is 26.9. The molecule has 5 rings (SSSR count). The SMILES string of the molecule is O=C1CCC(N2Cc3cc(CN(CC4CC4)[C@@H]4CCNC4)ccc3C2=O)C(=O)N1. The van der Waals surface area contributed by atoms with Crippen LogP contribution in [0.3, 0.4) is 0 Å². The molecule has 1 unspecified atom stereocenters. The summed E-state index contributed by atoms with van der Waals surface area (Å²) in [5, 5.41) is 5.84. The standard InChI is InChI=1S/C22H28N4O3/c27-20-6-5-19(21(28)24-20)26-13-16-9-15(3-4-18(16)22(26)29)12-25(11-14-1-2-14)17-7-8-23-10-17/h3-4,9,14,17,19,23H,1-2,5-8,10-13H2,(H,24,27,28)/t17-,19?/m1/s1. The highest BCUT2D eigenvalue weighted by molar-refractivity contribution is 6.05. The summed E-state index contributed by atoms with van der Waals surface area (Å²) in [6.45, 7) is 4.65. The molecule has 2 saturated heterocycles. The number of piperidine rings is 1. The van der Waals surface area contributed by atoms with E-state index in [1.165, 1.54) is 24.8 Å². The quantitative estimate of drug-likeness (QED) is 0.702. The molecule has 2 N–H and O–H groups in total. The highest BCUT2D eigenvalue weighted by atomic mass is 16.2. The van der Waals surface area contributed by atoms with Gasteiger partial charge in [0.15, 0.2) is 0 Å². The lowest BCUT2D eigenvalue weighted by atomic mass is 10.0. The van der Waals surface area contributed by atoms with Crippen molar-refractivity contribution in [3.8, 4) is 0 Å². The van der Waals surface area contributed by atoms with Crippen LogP contribution in [0.25, 0.3) is 0 Å². The second-order valence-corrected chi connectivity index (χ2v) is 8.91. The Morgan fingerprint density at radius 1 is 1.10 bits per heavy atom. The number of carbonyl (C=O) groups excluding carboxylic acids is 3. The van der Waals surface area contributed by atoms with Crippen molar-refractivity contribution < 1.29 is 14.4 Å². The third-order valence-corrected chi connectivity index (χ3v) is 6.71. The lowest BCUT2D eigenvalue weighted by Gasteiger charge is -2.29. The van der Waals surface area contributed by atoms with Crippen LogP contribution in [0.5, 0.6) is 0 Å². The van der Waals surface area contributed by atoms with Crippen LogP contribution in [0.15, 0.2) is 18.2 Å². The highest BCUT2D eigenvalue weighted by Gasteiger charge is 2.39. The van der Waals surface area contributed by atoms with Crippen LogP contribution in [0.2, 0.25) is 0 Å². The van der Waals surface area contributed by atoms with Gasteiger partial charge in [0.05, 0.1) is 0 Å². The van der Waals surface area contributed by atoms with Gasteiger partial charge < -0.3 is 10.2 Å². The Hall–Kier alpha value is -2.25. The number of nitrogens with zero attached hydrogens (tertiary/aromatic N) is 2. The van der Waals surface area contributed by atoms with E-state index in [0.717, 1.165) is 37.7 Å². The molecule has 7 heteroatoms. The van der Waals surface area contributed by atoms with Gasteiger partial charge in [-0.05, 0) is 55.3 Å². The Morgan fingerprint density at radius 3 is 2.69 bits per heavy atom. The molecule has 1 saturated carbocycles.